The van der Waals surface area contributed by atoms with Crippen LogP contribution in [0.3, 0.4) is 0 Å². The first-order valence-electron chi connectivity index (χ1n) is 20.3. The van der Waals surface area contributed by atoms with Crippen molar-refractivity contribution in [3.63, 3.8) is 0 Å². The fraction of sp³-hybridized carbons (Fsp3) is 0.476. The minimum Gasteiger partial charge on any atom is -0.490 e. The molecule has 6 aliphatic rings. The number of hydrogen-bond donors (Lipinski definition) is 2. The Bertz CT molecular complexity index is 2270. The molecule has 3 saturated heterocycles. The molecule has 1 aromatic heterocycles. The summed E-state index contributed by atoms with van der Waals surface area (Å²) >= 11 is 6.15. The van der Waals surface area contributed by atoms with Gasteiger partial charge in [0.15, 0.2) is 11.5 Å². The summed E-state index contributed by atoms with van der Waals surface area (Å²) in [6, 6.07) is 12.3. The van der Waals surface area contributed by atoms with Crippen LogP contribution in [0.5, 0.6) is 5.75 Å². The van der Waals surface area contributed by atoms with Crippen molar-refractivity contribution in [3.05, 3.63) is 75.7 Å². The number of piperidine rings is 2. The molecular formula is C42H43ClFN9O6. The molecule has 0 bridgehead atoms. The maximum Gasteiger partial charge on any atom is 0.272 e. The number of imide groups is 2. The molecule has 2 N–H and O–H groups in total. The molecule has 4 aliphatic heterocycles. The number of carbonyl (C=O) groups excluding carboxylic acids is 5. The molecule has 3 aromatic rings. The second kappa shape index (κ2) is 15.5. The van der Waals surface area contributed by atoms with Gasteiger partial charge in [0.1, 0.15) is 23.7 Å². The van der Waals surface area contributed by atoms with Crippen molar-refractivity contribution in [2.75, 3.05) is 49.1 Å². The first-order valence-corrected chi connectivity index (χ1v) is 20.6. The van der Waals surface area contributed by atoms with Gasteiger partial charge in [0, 0.05) is 63.8 Å². The van der Waals surface area contributed by atoms with Gasteiger partial charge in [0.2, 0.25) is 11.8 Å². The molecule has 5 amide bonds. The highest BCUT2D eigenvalue weighted by Crippen LogP contribution is 2.53. The van der Waals surface area contributed by atoms with Crippen LogP contribution in [0.25, 0.3) is 0 Å². The molecule has 0 radical (unpaired) electrons. The van der Waals surface area contributed by atoms with Gasteiger partial charge < -0.3 is 19.9 Å². The quantitative estimate of drug-likeness (QED) is 0.300. The Labute approximate surface area is 344 Å². The van der Waals surface area contributed by atoms with Crippen LogP contribution in [0.1, 0.15) is 82.2 Å². The van der Waals surface area contributed by atoms with Crippen molar-refractivity contribution in [2.24, 2.45) is 17.8 Å². The van der Waals surface area contributed by atoms with Crippen LogP contribution in [0.4, 0.5) is 15.9 Å². The Morgan fingerprint density at radius 2 is 1.71 bits per heavy atom. The van der Waals surface area contributed by atoms with E-state index >= 15 is 4.39 Å². The molecule has 2 unspecified atom stereocenters. The molecule has 5 heterocycles. The van der Waals surface area contributed by atoms with Gasteiger partial charge >= 0.3 is 0 Å². The van der Waals surface area contributed by atoms with Crippen molar-refractivity contribution in [3.8, 4) is 11.8 Å². The predicted molar refractivity (Wildman–Crippen MR) is 211 cm³/mol. The number of anilines is 2. The summed E-state index contributed by atoms with van der Waals surface area (Å²) in [7, 11) is 0. The first kappa shape index (κ1) is 38.8. The molecule has 9 rings (SSSR count). The molecule has 0 spiro atoms. The Morgan fingerprint density at radius 3 is 2.37 bits per heavy atom. The van der Waals surface area contributed by atoms with Gasteiger partial charge in [-0.3, -0.25) is 39.1 Å². The highest BCUT2D eigenvalue weighted by molar-refractivity contribution is 6.31. The molecule has 306 valence electrons. The molecule has 5 atom stereocenters. The molecule has 15 nitrogen and oxygen atoms in total. The first-order chi connectivity index (χ1) is 28.4. The highest BCUT2D eigenvalue weighted by atomic mass is 35.5. The van der Waals surface area contributed by atoms with Crippen LogP contribution in [-0.2, 0) is 9.59 Å². The van der Waals surface area contributed by atoms with E-state index in [1.807, 2.05) is 17.0 Å². The lowest BCUT2D eigenvalue weighted by Crippen LogP contribution is -2.54. The summed E-state index contributed by atoms with van der Waals surface area (Å²) in [6.45, 7) is 6.85. The van der Waals surface area contributed by atoms with Gasteiger partial charge in [-0.05, 0) is 93.2 Å². The molecular weight excluding hydrogens is 781 g/mol. The topological polar surface area (TPSA) is 181 Å². The summed E-state index contributed by atoms with van der Waals surface area (Å²) in [5, 5.41) is 23.5. The van der Waals surface area contributed by atoms with E-state index in [4.69, 9.17) is 21.6 Å². The number of nitriles is 1. The van der Waals surface area contributed by atoms with Gasteiger partial charge in [0.25, 0.3) is 17.7 Å². The van der Waals surface area contributed by atoms with Crippen molar-refractivity contribution in [2.45, 2.75) is 69.7 Å². The number of fused-ring (bicyclic) bond motifs is 2. The lowest BCUT2D eigenvalue weighted by Gasteiger charge is -2.40. The fourth-order valence-electron chi connectivity index (χ4n) is 9.71. The van der Waals surface area contributed by atoms with Crippen molar-refractivity contribution < 1.29 is 33.1 Å². The Hall–Kier alpha value is -5.66. The van der Waals surface area contributed by atoms with Crippen LogP contribution in [0, 0.1) is 34.9 Å². The van der Waals surface area contributed by atoms with E-state index in [2.05, 4.69) is 37.6 Å². The molecule has 5 fully saturated rings. The van der Waals surface area contributed by atoms with Crippen LogP contribution in [0.15, 0.2) is 42.5 Å². The second-order valence-corrected chi connectivity index (χ2v) is 17.0. The summed E-state index contributed by atoms with van der Waals surface area (Å²) in [5.74, 6) is -0.713. The molecule has 2 saturated carbocycles. The molecule has 59 heavy (non-hydrogen) atoms. The average molecular weight is 824 g/mol. The van der Waals surface area contributed by atoms with Crippen LogP contribution in [0.2, 0.25) is 5.02 Å². The number of ether oxygens (including phenoxy) is 1. The van der Waals surface area contributed by atoms with Crippen LogP contribution < -0.4 is 25.2 Å². The zero-order chi connectivity index (χ0) is 41.1. The van der Waals surface area contributed by atoms with Gasteiger partial charge in [-0.2, -0.15) is 5.26 Å². The maximum absolute atomic E-state index is 15.5. The average Bonchev–Trinajstić information content (AvgIpc) is 3.52. The van der Waals surface area contributed by atoms with Crippen molar-refractivity contribution in [1.29, 1.82) is 5.26 Å². The zero-order valence-corrected chi connectivity index (χ0v) is 33.2. The Balaban J connectivity index is 0.725. The van der Waals surface area contributed by atoms with Crippen molar-refractivity contribution in [1.82, 2.24) is 30.6 Å². The molecule has 2 aliphatic carbocycles. The number of aromatic nitrogens is 2. The summed E-state index contributed by atoms with van der Waals surface area (Å²) in [6.07, 6.45) is 3.14. The van der Waals surface area contributed by atoms with Gasteiger partial charge in [0.05, 0.1) is 33.5 Å². The number of nitrogens with zero attached hydrogens (tertiary/aromatic N) is 7. The lowest BCUT2D eigenvalue weighted by atomic mass is 9.93. The zero-order valence-electron chi connectivity index (χ0n) is 32.4. The fourth-order valence-corrected chi connectivity index (χ4v) is 9.92. The van der Waals surface area contributed by atoms with Crippen LogP contribution in [-0.4, -0.2) is 113 Å². The van der Waals surface area contributed by atoms with Crippen LogP contribution >= 0.6 is 11.6 Å². The summed E-state index contributed by atoms with van der Waals surface area (Å²) < 4.78 is 21.6. The van der Waals surface area contributed by atoms with E-state index in [0.717, 1.165) is 68.6 Å². The van der Waals surface area contributed by atoms with Crippen molar-refractivity contribution >= 4 is 52.6 Å². The Morgan fingerprint density at radius 1 is 0.966 bits per heavy atom. The monoisotopic (exact) mass is 823 g/mol. The number of rotatable bonds is 9. The van der Waals surface area contributed by atoms with E-state index in [1.54, 1.807) is 24.3 Å². The van der Waals surface area contributed by atoms with Gasteiger partial charge in [-0.15, -0.1) is 10.2 Å². The standard InChI is InChI=1S/C42H43ClFN9O6/c1-22-18-50(12-13-52(22)37-10-8-34(48-49-37)39(55)46-24-3-6-25(7-4-24)59-26-5-2-23(17-45)32(43)14-26)19-29-30-20-51(21-31(29)30)36-16-28-27(15-33(36)44)41(57)53(42(28)58)35-9-11-38(54)47-40(35)56/h2,5,8,10,14-16,22,24-25,29-31,35H,3-4,6-7,9,11-13,18-21H2,1H3,(H,46,55)(H,47,54,56)/t22-,24?,25?,29?,30-,31+,35?/m1/s1. The number of hydrogen-bond acceptors (Lipinski definition) is 12. The van der Waals surface area contributed by atoms with Gasteiger partial charge in [-0.1, -0.05) is 11.6 Å². The van der Waals surface area contributed by atoms with E-state index in [0.29, 0.717) is 47.2 Å². The number of carbonyl (C=O) groups is 5. The van der Waals surface area contributed by atoms with Gasteiger partial charge in [-0.25, -0.2) is 4.39 Å². The maximum atomic E-state index is 15.5. The molecule has 2 aromatic carbocycles. The van der Waals surface area contributed by atoms with E-state index < -0.39 is 35.5 Å². The van der Waals surface area contributed by atoms with E-state index in [-0.39, 0.29) is 59.4 Å². The molecule has 17 heteroatoms. The lowest BCUT2D eigenvalue weighted by molar-refractivity contribution is -0.136. The second-order valence-electron chi connectivity index (χ2n) is 16.6. The predicted octanol–water partition coefficient (Wildman–Crippen LogP) is 3.55. The number of piperazine rings is 1. The minimum atomic E-state index is -1.10. The van der Waals surface area contributed by atoms with E-state index in [1.165, 1.54) is 6.07 Å². The minimum absolute atomic E-state index is 0.00286. The number of nitrogens with one attached hydrogen (secondary N) is 2. The van der Waals surface area contributed by atoms with E-state index in [9.17, 15) is 24.0 Å². The third-order valence-electron chi connectivity index (χ3n) is 13.0. The summed E-state index contributed by atoms with van der Waals surface area (Å²) in [4.78, 5) is 71.1. The number of benzene rings is 2. The third-order valence-corrected chi connectivity index (χ3v) is 13.3. The summed E-state index contributed by atoms with van der Waals surface area (Å²) in [5.41, 5.74) is 0.984. The number of halogens is 2. The highest BCUT2D eigenvalue weighted by Gasteiger charge is 2.56. The largest absolute Gasteiger partial charge is 0.490 e. The normalized spacial score (nSPS) is 27.9. The number of amides is 5. The third kappa shape index (κ3) is 7.46. The Kier molecular flexibility index (Phi) is 10.2. The smallest absolute Gasteiger partial charge is 0.272 e. The SMILES string of the molecule is C[C@@H]1CN(CC2[C@H]3CN(c4cc5c(cc4F)C(=O)N(C4CCC(=O)NC4=O)C5=O)C[C@@H]23)CCN1c1ccc(C(=O)NC2CCC(Oc3ccc(C#N)c(Cl)c3)CC2)nn1.